The van der Waals surface area contributed by atoms with Gasteiger partial charge in [0.15, 0.2) is 0 Å². The summed E-state index contributed by atoms with van der Waals surface area (Å²) in [4.78, 5) is 0. The van der Waals surface area contributed by atoms with Crippen LogP contribution in [0.5, 0.6) is 5.75 Å². The number of halogens is 3. The summed E-state index contributed by atoms with van der Waals surface area (Å²) < 4.78 is 48.6. The van der Waals surface area contributed by atoms with Crippen LogP contribution in [0.3, 0.4) is 0 Å². The van der Waals surface area contributed by atoms with E-state index < -0.39 is 11.7 Å². The summed E-state index contributed by atoms with van der Waals surface area (Å²) in [6, 6.07) is 4.72. The van der Waals surface area contributed by atoms with Crippen LogP contribution >= 0.6 is 0 Å². The van der Waals surface area contributed by atoms with E-state index in [0.29, 0.717) is 13.0 Å². The average molecular weight is 275 g/mol. The topological polar surface area (TPSA) is 44.5 Å². The second-order valence-electron chi connectivity index (χ2n) is 4.50. The SMILES string of the molecule is CCOC1C(N)CC1Oc1cccc(C(F)(F)F)c1. The first-order valence-electron chi connectivity index (χ1n) is 6.13. The maximum absolute atomic E-state index is 12.6. The molecule has 1 aromatic rings. The molecule has 1 aromatic carbocycles. The number of rotatable bonds is 4. The first-order valence-corrected chi connectivity index (χ1v) is 6.13. The van der Waals surface area contributed by atoms with Gasteiger partial charge in [-0.3, -0.25) is 0 Å². The summed E-state index contributed by atoms with van der Waals surface area (Å²) in [6.07, 6.45) is -4.31. The van der Waals surface area contributed by atoms with Crippen LogP contribution in [0.1, 0.15) is 18.9 Å². The molecule has 106 valence electrons. The Morgan fingerprint density at radius 1 is 1.37 bits per heavy atom. The van der Waals surface area contributed by atoms with Gasteiger partial charge >= 0.3 is 6.18 Å². The molecule has 0 aromatic heterocycles. The van der Waals surface area contributed by atoms with E-state index in [9.17, 15) is 13.2 Å². The van der Waals surface area contributed by atoms with Crippen LogP contribution in [0.2, 0.25) is 0 Å². The molecule has 0 bridgehead atoms. The second-order valence-corrected chi connectivity index (χ2v) is 4.50. The average Bonchev–Trinajstić information content (AvgIpc) is 2.35. The summed E-state index contributed by atoms with van der Waals surface area (Å²) in [5, 5.41) is 0. The Morgan fingerprint density at radius 3 is 2.68 bits per heavy atom. The molecule has 2 N–H and O–H groups in total. The smallest absolute Gasteiger partial charge is 0.416 e. The molecule has 0 aliphatic heterocycles. The van der Waals surface area contributed by atoms with Gasteiger partial charge in [-0.05, 0) is 25.1 Å². The van der Waals surface area contributed by atoms with Crippen LogP contribution in [-0.4, -0.2) is 24.9 Å². The Morgan fingerprint density at radius 2 is 2.11 bits per heavy atom. The van der Waals surface area contributed by atoms with E-state index in [2.05, 4.69) is 0 Å². The highest BCUT2D eigenvalue weighted by Gasteiger charge is 2.41. The fraction of sp³-hybridized carbons (Fsp3) is 0.538. The van der Waals surface area contributed by atoms with Gasteiger partial charge in [-0.1, -0.05) is 6.07 Å². The van der Waals surface area contributed by atoms with E-state index in [0.717, 1.165) is 12.1 Å². The molecule has 3 unspecified atom stereocenters. The molecule has 1 aliphatic rings. The lowest BCUT2D eigenvalue weighted by molar-refractivity contribution is -0.138. The van der Waals surface area contributed by atoms with Gasteiger partial charge in [0.05, 0.1) is 5.56 Å². The molecule has 0 radical (unpaired) electrons. The normalized spacial score (nSPS) is 26.9. The molecule has 3 atom stereocenters. The molecule has 0 heterocycles. The minimum atomic E-state index is -4.37. The number of alkyl halides is 3. The van der Waals surface area contributed by atoms with Crippen LogP contribution in [-0.2, 0) is 10.9 Å². The van der Waals surface area contributed by atoms with E-state index >= 15 is 0 Å². The summed E-state index contributed by atoms with van der Waals surface area (Å²) in [6.45, 7) is 2.34. The number of ether oxygens (including phenoxy) is 2. The third-order valence-corrected chi connectivity index (χ3v) is 3.10. The molecule has 3 nitrogen and oxygen atoms in total. The van der Waals surface area contributed by atoms with E-state index in [-0.39, 0.29) is 24.0 Å². The fourth-order valence-corrected chi connectivity index (χ4v) is 2.08. The van der Waals surface area contributed by atoms with Crippen LogP contribution in [0.15, 0.2) is 24.3 Å². The van der Waals surface area contributed by atoms with E-state index in [4.69, 9.17) is 15.2 Å². The Hall–Kier alpha value is -1.27. The molecule has 1 aliphatic carbocycles. The fourth-order valence-electron chi connectivity index (χ4n) is 2.08. The second kappa shape index (κ2) is 5.38. The van der Waals surface area contributed by atoms with Crippen molar-refractivity contribution in [2.24, 2.45) is 5.73 Å². The van der Waals surface area contributed by atoms with Crippen molar-refractivity contribution < 1.29 is 22.6 Å². The molecular formula is C13H16F3NO2. The zero-order valence-corrected chi connectivity index (χ0v) is 10.5. The summed E-state index contributed by atoms with van der Waals surface area (Å²) in [5.41, 5.74) is 5.05. The Balaban J connectivity index is 2.04. The Bertz CT molecular complexity index is 436. The first-order chi connectivity index (χ1) is 8.91. The maximum Gasteiger partial charge on any atom is 0.416 e. The van der Waals surface area contributed by atoms with Crippen molar-refractivity contribution in [2.45, 2.75) is 37.8 Å². The molecular weight excluding hydrogens is 259 g/mol. The molecule has 0 amide bonds. The molecule has 0 spiro atoms. The molecule has 6 heteroatoms. The standard InChI is InChI=1S/C13H16F3NO2/c1-2-18-12-10(17)7-11(12)19-9-5-3-4-8(6-9)13(14,15)16/h3-6,10-12H,2,7,17H2,1H3. The monoisotopic (exact) mass is 275 g/mol. The predicted molar refractivity (Wildman–Crippen MR) is 63.9 cm³/mol. The molecule has 2 rings (SSSR count). The van der Waals surface area contributed by atoms with Gasteiger partial charge in [-0.25, -0.2) is 0 Å². The first kappa shape index (κ1) is 14.1. The number of benzene rings is 1. The number of nitrogens with two attached hydrogens (primary N) is 1. The van der Waals surface area contributed by atoms with Gasteiger partial charge in [-0.15, -0.1) is 0 Å². The van der Waals surface area contributed by atoms with Crippen molar-refractivity contribution in [3.63, 3.8) is 0 Å². The highest BCUT2D eigenvalue weighted by molar-refractivity contribution is 5.30. The van der Waals surface area contributed by atoms with Crippen LogP contribution < -0.4 is 10.5 Å². The third-order valence-electron chi connectivity index (χ3n) is 3.10. The van der Waals surface area contributed by atoms with Gasteiger partial charge in [0.2, 0.25) is 0 Å². The lowest BCUT2D eigenvalue weighted by atomic mass is 9.86. The van der Waals surface area contributed by atoms with Crippen LogP contribution in [0.4, 0.5) is 13.2 Å². The van der Waals surface area contributed by atoms with E-state index in [1.54, 1.807) is 0 Å². The van der Waals surface area contributed by atoms with Gasteiger partial charge in [0, 0.05) is 19.1 Å². The molecule has 1 saturated carbocycles. The van der Waals surface area contributed by atoms with Gasteiger partial charge < -0.3 is 15.2 Å². The van der Waals surface area contributed by atoms with Crippen molar-refractivity contribution in [3.8, 4) is 5.75 Å². The van der Waals surface area contributed by atoms with Crippen molar-refractivity contribution >= 4 is 0 Å². The quantitative estimate of drug-likeness (QED) is 0.918. The predicted octanol–water partition coefficient (Wildman–Crippen LogP) is 2.59. The van der Waals surface area contributed by atoms with E-state index in [1.165, 1.54) is 12.1 Å². The lowest BCUT2D eigenvalue weighted by Gasteiger charge is -2.41. The highest BCUT2D eigenvalue weighted by Crippen LogP contribution is 2.33. The largest absolute Gasteiger partial charge is 0.488 e. The van der Waals surface area contributed by atoms with E-state index in [1.807, 2.05) is 6.92 Å². The summed E-state index contributed by atoms with van der Waals surface area (Å²) in [5.74, 6) is 0.191. The highest BCUT2D eigenvalue weighted by atomic mass is 19.4. The van der Waals surface area contributed by atoms with Crippen molar-refractivity contribution in [3.05, 3.63) is 29.8 Å². The lowest BCUT2D eigenvalue weighted by Crippen LogP contribution is -2.59. The maximum atomic E-state index is 12.6. The molecule has 19 heavy (non-hydrogen) atoms. The van der Waals surface area contributed by atoms with Gasteiger partial charge in [0.25, 0.3) is 0 Å². The van der Waals surface area contributed by atoms with Gasteiger partial charge in [0.1, 0.15) is 18.0 Å². The van der Waals surface area contributed by atoms with Crippen LogP contribution in [0.25, 0.3) is 0 Å². The van der Waals surface area contributed by atoms with Crippen molar-refractivity contribution in [1.82, 2.24) is 0 Å². The number of hydrogen-bond acceptors (Lipinski definition) is 3. The zero-order chi connectivity index (χ0) is 14.0. The third kappa shape index (κ3) is 3.19. The van der Waals surface area contributed by atoms with Crippen molar-refractivity contribution in [1.29, 1.82) is 0 Å². The summed E-state index contributed by atoms with van der Waals surface area (Å²) in [7, 11) is 0. The minimum absolute atomic E-state index is 0.115. The zero-order valence-electron chi connectivity index (χ0n) is 10.5. The Labute approximate surface area is 109 Å². The molecule has 0 saturated heterocycles. The minimum Gasteiger partial charge on any atom is -0.488 e. The van der Waals surface area contributed by atoms with Crippen LogP contribution in [0, 0.1) is 0 Å². The number of hydrogen-bond donors (Lipinski definition) is 1. The Kier molecular flexibility index (Phi) is 4.01. The summed E-state index contributed by atoms with van der Waals surface area (Å²) >= 11 is 0. The molecule has 1 fully saturated rings. The van der Waals surface area contributed by atoms with Gasteiger partial charge in [-0.2, -0.15) is 13.2 Å². The van der Waals surface area contributed by atoms with Crippen molar-refractivity contribution in [2.75, 3.05) is 6.61 Å².